The number of nitrogens with two attached hydrogens (primary N) is 1. The fraction of sp³-hybridized carbons (Fsp3) is 0.833. The number of carbonyl (C=O) groups excluding carboxylic acids is 1. The summed E-state index contributed by atoms with van der Waals surface area (Å²) in [5.41, 5.74) is 5.49. The molecule has 1 fully saturated rings. The first-order valence-corrected chi connectivity index (χ1v) is 6.35. The molecule has 0 aromatic carbocycles. The Balaban J connectivity index is 2.63. The van der Waals surface area contributed by atoms with Gasteiger partial charge in [0.25, 0.3) is 5.91 Å². The molecule has 0 aromatic heterocycles. The van der Waals surface area contributed by atoms with Crippen molar-refractivity contribution in [3.63, 3.8) is 0 Å². The largest absolute Gasteiger partial charge is 0.481 e. The lowest BCUT2D eigenvalue weighted by atomic mass is 9.97. The third-order valence-electron chi connectivity index (χ3n) is 3.38. The zero-order valence-electron chi connectivity index (χ0n) is 10.8. The number of carbonyl (C=O) groups is 2. The van der Waals surface area contributed by atoms with E-state index in [9.17, 15) is 9.59 Å². The molecule has 104 valence electrons. The molecule has 1 saturated heterocycles. The van der Waals surface area contributed by atoms with Crippen molar-refractivity contribution in [2.45, 2.75) is 44.2 Å². The number of piperidine rings is 1. The van der Waals surface area contributed by atoms with Gasteiger partial charge in [-0.1, -0.05) is 0 Å². The van der Waals surface area contributed by atoms with Gasteiger partial charge in [0, 0.05) is 32.7 Å². The van der Waals surface area contributed by atoms with Gasteiger partial charge in [-0.15, -0.1) is 0 Å². The van der Waals surface area contributed by atoms with E-state index in [-0.39, 0.29) is 24.9 Å². The van der Waals surface area contributed by atoms with Crippen LogP contribution in [0.1, 0.15) is 32.1 Å². The summed E-state index contributed by atoms with van der Waals surface area (Å²) in [7, 11) is 1.46. The van der Waals surface area contributed by atoms with E-state index in [1.807, 2.05) is 0 Å². The predicted octanol–water partition coefficient (Wildman–Crippen LogP) is 0.206. The number of likely N-dealkylation sites (tertiary alicyclic amines) is 1. The van der Waals surface area contributed by atoms with E-state index in [4.69, 9.17) is 15.6 Å². The second-order valence-electron chi connectivity index (χ2n) is 4.57. The summed E-state index contributed by atoms with van der Waals surface area (Å²) in [6, 6.07) is 0.00606. The number of rotatable bonds is 6. The van der Waals surface area contributed by atoms with E-state index in [1.165, 1.54) is 7.11 Å². The lowest BCUT2D eigenvalue weighted by Crippen LogP contribution is -2.50. The molecule has 1 aliphatic heterocycles. The number of hydrogen-bond donors (Lipinski definition) is 2. The number of nitrogens with zero attached hydrogens (tertiary/aromatic N) is 1. The second-order valence-corrected chi connectivity index (χ2v) is 4.57. The Hall–Kier alpha value is -1.14. The van der Waals surface area contributed by atoms with Crippen LogP contribution in [0.4, 0.5) is 0 Å². The Morgan fingerprint density at radius 3 is 2.78 bits per heavy atom. The standard InChI is InChI=1S/C12H22N2O4/c1-18-10(8-13)12(17)14-7-3-2-4-9(14)5-6-11(15)16/h9-10H,2-8,13H2,1H3,(H,15,16). The van der Waals surface area contributed by atoms with Crippen molar-refractivity contribution in [1.29, 1.82) is 0 Å². The van der Waals surface area contributed by atoms with Crippen LogP contribution in [-0.2, 0) is 14.3 Å². The van der Waals surface area contributed by atoms with Crippen LogP contribution < -0.4 is 5.73 Å². The summed E-state index contributed by atoms with van der Waals surface area (Å²) < 4.78 is 5.06. The molecule has 3 N–H and O–H groups in total. The van der Waals surface area contributed by atoms with Crippen molar-refractivity contribution in [3.8, 4) is 0 Å². The van der Waals surface area contributed by atoms with Gasteiger partial charge < -0.3 is 20.5 Å². The number of ether oxygens (including phenoxy) is 1. The molecule has 1 heterocycles. The van der Waals surface area contributed by atoms with Crippen LogP contribution in [0, 0.1) is 0 Å². The smallest absolute Gasteiger partial charge is 0.303 e. The van der Waals surface area contributed by atoms with Crippen molar-refractivity contribution < 1.29 is 19.4 Å². The maximum atomic E-state index is 12.2. The number of carboxylic acid groups (broad SMARTS) is 1. The third-order valence-corrected chi connectivity index (χ3v) is 3.38. The molecule has 0 spiro atoms. The van der Waals surface area contributed by atoms with Crippen molar-refractivity contribution >= 4 is 11.9 Å². The summed E-state index contributed by atoms with van der Waals surface area (Å²) in [5.74, 6) is -0.940. The Kier molecular flexibility index (Phi) is 6.07. The Bertz CT molecular complexity index is 292. The normalized spacial score (nSPS) is 21.7. The molecule has 2 unspecified atom stereocenters. The molecule has 1 rings (SSSR count). The van der Waals surface area contributed by atoms with E-state index >= 15 is 0 Å². The monoisotopic (exact) mass is 258 g/mol. The molecule has 6 nitrogen and oxygen atoms in total. The van der Waals surface area contributed by atoms with Gasteiger partial charge in [0.15, 0.2) is 0 Å². The number of carboxylic acids is 1. The minimum Gasteiger partial charge on any atom is -0.481 e. The van der Waals surface area contributed by atoms with Crippen LogP contribution in [0.25, 0.3) is 0 Å². The lowest BCUT2D eigenvalue weighted by Gasteiger charge is -2.37. The van der Waals surface area contributed by atoms with Crippen LogP contribution in [0.15, 0.2) is 0 Å². The van der Waals surface area contributed by atoms with Gasteiger partial charge >= 0.3 is 5.97 Å². The highest BCUT2D eigenvalue weighted by atomic mass is 16.5. The van der Waals surface area contributed by atoms with Gasteiger partial charge in [0.05, 0.1) is 0 Å². The molecular formula is C12H22N2O4. The van der Waals surface area contributed by atoms with Gasteiger partial charge in [0.2, 0.25) is 0 Å². The molecular weight excluding hydrogens is 236 g/mol. The molecule has 0 saturated carbocycles. The van der Waals surface area contributed by atoms with E-state index in [0.717, 1.165) is 19.3 Å². The molecule has 0 aromatic rings. The van der Waals surface area contributed by atoms with Crippen molar-refractivity contribution in [3.05, 3.63) is 0 Å². The summed E-state index contributed by atoms with van der Waals surface area (Å²) in [6.45, 7) is 0.820. The first-order chi connectivity index (χ1) is 8.60. The summed E-state index contributed by atoms with van der Waals surface area (Å²) in [5, 5.41) is 8.72. The van der Waals surface area contributed by atoms with Gasteiger partial charge in [0.1, 0.15) is 6.10 Å². The number of aliphatic carboxylic acids is 1. The number of amides is 1. The van der Waals surface area contributed by atoms with Crippen LogP contribution in [0.2, 0.25) is 0 Å². The fourth-order valence-corrected chi connectivity index (χ4v) is 2.36. The maximum Gasteiger partial charge on any atom is 0.303 e. The number of methoxy groups -OCH3 is 1. The van der Waals surface area contributed by atoms with E-state index in [1.54, 1.807) is 4.90 Å². The SMILES string of the molecule is COC(CN)C(=O)N1CCCCC1CCC(=O)O. The van der Waals surface area contributed by atoms with Crippen LogP contribution in [0.5, 0.6) is 0 Å². The average Bonchev–Trinajstić information content (AvgIpc) is 2.38. The fourth-order valence-electron chi connectivity index (χ4n) is 2.36. The maximum absolute atomic E-state index is 12.2. The van der Waals surface area contributed by atoms with Gasteiger partial charge in [-0.05, 0) is 25.7 Å². The highest BCUT2D eigenvalue weighted by molar-refractivity contribution is 5.81. The summed E-state index contributed by atoms with van der Waals surface area (Å²) >= 11 is 0. The Morgan fingerprint density at radius 1 is 1.50 bits per heavy atom. The van der Waals surface area contributed by atoms with Gasteiger partial charge in [-0.2, -0.15) is 0 Å². The Labute approximate surface area is 107 Å². The van der Waals surface area contributed by atoms with E-state index in [2.05, 4.69) is 0 Å². The molecule has 2 atom stereocenters. The predicted molar refractivity (Wildman–Crippen MR) is 66.1 cm³/mol. The molecule has 1 amide bonds. The quantitative estimate of drug-likeness (QED) is 0.710. The Morgan fingerprint density at radius 2 is 2.22 bits per heavy atom. The topological polar surface area (TPSA) is 92.9 Å². The highest BCUT2D eigenvalue weighted by Gasteiger charge is 2.31. The molecule has 6 heteroatoms. The molecule has 0 bridgehead atoms. The third kappa shape index (κ3) is 3.96. The van der Waals surface area contributed by atoms with Crippen LogP contribution in [0.3, 0.4) is 0 Å². The summed E-state index contributed by atoms with van der Waals surface area (Å²) in [6.07, 6.45) is 2.83. The molecule has 0 aliphatic carbocycles. The van der Waals surface area contributed by atoms with Crippen LogP contribution >= 0.6 is 0 Å². The minimum atomic E-state index is -0.824. The lowest BCUT2D eigenvalue weighted by molar-refractivity contribution is -0.146. The van der Waals surface area contributed by atoms with Crippen molar-refractivity contribution in [2.24, 2.45) is 5.73 Å². The molecule has 1 aliphatic rings. The zero-order valence-corrected chi connectivity index (χ0v) is 10.8. The first kappa shape index (κ1) is 14.9. The molecule has 0 radical (unpaired) electrons. The average molecular weight is 258 g/mol. The van der Waals surface area contributed by atoms with E-state index < -0.39 is 12.1 Å². The van der Waals surface area contributed by atoms with Crippen LogP contribution in [-0.4, -0.2) is 54.2 Å². The second kappa shape index (κ2) is 7.33. The van der Waals surface area contributed by atoms with Gasteiger partial charge in [-0.25, -0.2) is 0 Å². The number of hydrogen-bond acceptors (Lipinski definition) is 4. The van der Waals surface area contributed by atoms with Crippen molar-refractivity contribution in [2.75, 3.05) is 20.2 Å². The first-order valence-electron chi connectivity index (χ1n) is 6.35. The highest BCUT2D eigenvalue weighted by Crippen LogP contribution is 2.22. The van der Waals surface area contributed by atoms with Crippen molar-refractivity contribution in [1.82, 2.24) is 4.90 Å². The summed E-state index contributed by atoms with van der Waals surface area (Å²) in [4.78, 5) is 24.5. The van der Waals surface area contributed by atoms with E-state index in [0.29, 0.717) is 13.0 Å². The minimum absolute atomic E-state index is 0.00606. The molecule has 18 heavy (non-hydrogen) atoms. The zero-order chi connectivity index (χ0) is 13.5. The van der Waals surface area contributed by atoms with Gasteiger partial charge in [-0.3, -0.25) is 9.59 Å².